The monoisotopic (exact) mass is 1150 g/mol. The summed E-state index contributed by atoms with van der Waals surface area (Å²) in [5.41, 5.74) is 18.8. The van der Waals surface area contributed by atoms with Crippen molar-refractivity contribution in [3.05, 3.63) is 297 Å². The van der Waals surface area contributed by atoms with E-state index in [1.165, 1.54) is 63.7 Å². The Balaban J connectivity index is 0.827. The molecule has 0 fully saturated rings. The molecule has 0 N–H and O–H groups in total. The van der Waals surface area contributed by atoms with Gasteiger partial charge in [-0.25, -0.2) is 4.98 Å². The summed E-state index contributed by atoms with van der Waals surface area (Å²) in [4.78, 5) is 15.8. The maximum absolute atomic E-state index is 5.36. The average Bonchev–Trinajstić information content (AvgIpc) is 1.59. The van der Waals surface area contributed by atoms with Crippen molar-refractivity contribution in [3.63, 3.8) is 0 Å². The van der Waals surface area contributed by atoms with Gasteiger partial charge in [0.2, 0.25) is 5.95 Å². The summed E-state index contributed by atoms with van der Waals surface area (Å²) in [7, 11) is 0. The van der Waals surface area contributed by atoms with Crippen LogP contribution in [-0.2, 0) is 0 Å². The molecule has 19 rings (SSSR count). The standard InChI is InChI=1S/C81H49N7S/c1-6-20-50(21-7-1)79-82-80(51-22-8-2-9-23-51)84-81(83-79)88-73-41-37-55(44-63(73)66-47-74-65(46-76(66)88)59-30-16-18-32-69(59)86(74)57-26-12-4-13-27-57)53-35-39-71-62(43-53)61-42-52(34-38-70(61)85(71)56-24-10-3-11-25-56)54-36-40-72-64(45-54)67-49-78-68(60-31-17-19-33-77(60)89-78)48-75(67)87(72)58-28-14-5-15-29-58/h1-49H. The maximum atomic E-state index is 5.36. The second kappa shape index (κ2) is 19.4. The summed E-state index contributed by atoms with van der Waals surface area (Å²) < 4.78 is 12.1. The van der Waals surface area contributed by atoms with Gasteiger partial charge in [0.25, 0.3) is 0 Å². The van der Waals surface area contributed by atoms with Gasteiger partial charge in [-0.15, -0.1) is 11.3 Å². The molecule has 0 aliphatic heterocycles. The molecule has 19 aromatic rings. The molecule has 0 radical (unpaired) electrons. The molecule has 0 saturated heterocycles. The van der Waals surface area contributed by atoms with Gasteiger partial charge in [0.05, 0.1) is 44.1 Å². The summed E-state index contributed by atoms with van der Waals surface area (Å²) in [6, 6.07) is 108. The number of hydrogen-bond acceptors (Lipinski definition) is 4. The Morgan fingerprint density at radius 3 is 1.02 bits per heavy atom. The van der Waals surface area contributed by atoms with Gasteiger partial charge in [0.15, 0.2) is 11.6 Å². The van der Waals surface area contributed by atoms with Crippen molar-refractivity contribution < 1.29 is 0 Å². The maximum Gasteiger partial charge on any atom is 0.238 e. The number of fused-ring (bicyclic) bond motifs is 15. The molecule has 8 heteroatoms. The molecule has 0 amide bonds. The largest absolute Gasteiger partial charge is 0.309 e. The molecule has 0 bridgehead atoms. The van der Waals surface area contributed by atoms with Crippen molar-refractivity contribution in [1.29, 1.82) is 0 Å². The Morgan fingerprint density at radius 2 is 0.539 bits per heavy atom. The normalized spacial score (nSPS) is 12.0. The summed E-state index contributed by atoms with van der Waals surface area (Å²) in [6.45, 7) is 0. The van der Waals surface area contributed by atoms with Crippen molar-refractivity contribution in [1.82, 2.24) is 33.2 Å². The van der Waals surface area contributed by atoms with E-state index in [2.05, 4.69) is 279 Å². The fourth-order valence-electron chi connectivity index (χ4n) is 14.1. The van der Waals surface area contributed by atoms with E-state index < -0.39 is 0 Å². The number of aromatic nitrogens is 7. The molecule has 13 aromatic carbocycles. The summed E-state index contributed by atoms with van der Waals surface area (Å²) >= 11 is 1.87. The smallest absolute Gasteiger partial charge is 0.238 e. The molecule has 0 saturated carbocycles. The van der Waals surface area contributed by atoms with Crippen LogP contribution < -0.4 is 0 Å². The lowest BCUT2D eigenvalue weighted by atomic mass is 9.98. The lowest BCUT2D eigenvalue weighted by molar-refractivity contribution is 0.954. The van der Waals surface area contributed by atoms with Crippen molar-refractivity contribution in [3.8, 4) is 68.0 Å². The minimum atomic E-state index is 0.553. The van der Waals surface area contributed by atoms with Crippen LogP contribution >= 0.6 is 11.3 Å². The highest BCUT2D eigenvalue weighted by Gasteiger charge is 2.24. The molecular weight excluding hydrogens is 1100 g/mol. The highest BCUT2D eigenvalue weighted by atomic mass is 32.1. The third-order valence-corrected chi connectivity index (χ3v) is 19.3. The Bertz CT molecular complexity index is 6020. The Labute approximate surface area is 514 Å². The lowest BCUT2D eigenvalue weighted by Crippen LogP contribution is -2.06. The van der Waals surface area contributed by atoms with E-state index in [0.717, 1.165) is 94.1 Å². The molecule has 0 atom stereocenters. The van der Waals surface area contributed by atoms with Crippen molar-refractivity contribution in [2.24, 2.45) is 0 Å². The fraction of sp³-hybridized carbons (Fsp3) is 0. The summed E-state index contributed by atoms with van der Waals surface area (Å²) in [6.07, 6.45) is 0. The second-order valence-corrected chi connectivity index (χ2v) is 24.2. The number of para-hydroxylation sites is 4. The predicted molar refractivity (Wildman–Crippen MR) is 372 cm³/mol. The minimum Gasteiger partial charge on any atom is -0.309 e. The first kappa shape index (κ1) is 49.5. The Hall–Kier alpha value is -11.7. The van der Waals surface area contributed by atoms with Gasteiger partial charge in [0.1, 0.15) is 0 Å². The Kier molecular flexibility index (Phi) is 10.8. The van der Waals surface area contributed by atoms with Crippen LogP contribution in [0.15, 0.2) is 297 Å². The zero-order valence-corrected chi connectivity index (χ0v) is 48.6. The van der Waals surface area contributed by atoms with Crippen LogP contribution in [0.1, 0.15) is 0 Å². The summed E-state index contributed by atoms with van der Waals surface area (Å²) in [5, 5.41) is 12.0. The SMILES string of the molecule is c1ccc(-c2nc(-c3ccccc3)nc(-n3c4ccc(-c5ccc6c(c5)c5cc(-c7ccc8c(c7)c7cc9sc%10ccccc%10c9cc7n8-c7ccccc7)ccc5n6-c5ccccc5)cc4c4cc5c(cc43)c3ccccc3n5-c3ccccc3)n2)cc1. The fourth-order valence-corrected chi connectivity index (χ4v) is 15.3. The molecule has 7 nitrogen and oxygen atoms in total. The van der Waals surface area contributed by atoms with Crippen LogP contribution in [0.5, 0.6) is 0 Å². The highest BCUT2D eigenvalue weighted by molar-refractivity contribution is 7.25. The van der Waals surface area contributed by atoms with E-state index in [-0.39, 0.29) is 0 Å². The van der Waals surface area contributed by atoms with Crippen LogP contribution in [0.2, 0.25) is 0 Å². The topological polar surface area (TPSA) is 58.4 Å². The minimum absolute atomic E-state index is 0.553. The third kappa shape index (κ3) is 7.67. The second-order valence-electron chi connectivity index (χ2n) is 23.2. The molecule has 0 aliphatic rings. The first-order valence-corrected chi connectivity index (χ1v) is 31.0. The van der Waals surface area contributed by atoms with E-state index >= 15 is 0 Å². The highest BCUT2D eigenvalue weighted by Crippen LogP contribution is 2.45. The number of rotatable bonds is 8. The number of thiophene rings is 1. The van der Waals surface area contributed by atoms with Crippen LogP contribution in [0, 0.1) is 0 Å². The van der Waals surface area contributed by atoms with Crippen molar-refractivity contribution in [2.75, 3.05) is 0 Å². The average molecular weight is 1150 g/mol. The lowest BCUT2D eigenvalue weighted by Gasteiger charge is -2.11. The van der Waals surface area contributed by atoms with E-state index in [0.29, 0.717) is 17.6 Å². The molecule has 89 heavy (non-hydrogen) atoms. The first-order valence-electron chi connectivity index (χ1n) is 30.2. The summed E-state index contributed by atoms with van der Waals surface area (Å²) in [5.74, 6) is 1.77. The quantitative estimate of drug-likeness (QED) is 0.152. The van der Waals surface area contributed by atoms with Crippen molar-refractivity contribution >= 4 is 119 Å². The van der Waals surface area contributed by atoms with Gasteiger partial charge in [0, 0.05) is 91.5 Å². The van der Waals surface area contributed by atoms with E-state index in [1.54, 1.807) is 0 Å². The van der Waals surface area contributed by atoms with Gasteiger partial charge >= 0.3 is 0 Å². The van der Waals surface area contributed by atoms with Crippen molar-refractivity contribution in [2.45, 2.75) is 0 Å². The molecule has 6 aromatic heterocycles. The van der Waals surface area contributed by atoms with E-state index in [1.807, 2.05) is 47.7 Å². The van der Waals surface area contributed by atoms with Gasteiger partial charge < -0.3 is 13.7 Å². The predicted octanol–water partition coefficient (Wildman–Crippen LogP) is 21.3. The molecular formula is C81H49N7S. The van der Waals surface area contributed by atoms with E-state index in [4.69, 9.17) is 15.0 Å². The van der Waals surface area contributed by atoms with Gasteiger partial charge in [-0.05, 0) is 144 Å². The van der Waals surface area contributed by atoms with Gasteiger partial charge in [-0.2, -0.15) is 9.97 Å². The molecule has 0 unspecified atom stereocenters. The third-order valence-electron chi connectivity index (χ3n) is 18.2. The van der Waals surface area contributed by atoms with E-state index in [9.17, 15) is 0 Å². The first-order chi connectivity index (χ1) is 44.1. The van der Waals surface area contributed by atoms with Gasteiger partial charge in [-0.3, -0.25) is 4.57 Å². The molecule has 6 heterocycles. The Morgan fingerprint density at radius 1 is 0.202 bits per heavy atom. The number of nitrogens with zero attached hydrogens (tertiary/aromatic N) is 7. The number of benzene rings is 13. The van der Waals surface area contributed by atoms with Crippen LogP contribution in [0.4, 0.5) is 0 Å². The molecule has 0 aliphatic carbocycles. The van der Waals surface area contributed by atoms with Crippen LogP contribution in [0.3, 0.4) is 0 Å². The number of hydrogen-bond donors (Lipinski definition) is 0. The molecule has 414 valence electrons. The van der Waals surface area contributed by atoms with Crippen LogP contribution in [-0.4, -0.2) is 33.2 Å². The zero-order valence-electron chi connectivity index (χ0n) is 47.8. The van der Waals surface area contributed by atoms with Crippen LogP contribution in [0.25, 0.3) is 175 Å². The molecule has 0 spiro atoms. The zero-order chi connectivity index (χ0) is 58.3. The van der Waals surface area contributed by atoms with Gasteiger partial charge in [-0.1, -0.05) is 176 Å².